The Balaban J connectivity index is 1.99. The summed E-state index contributed by atoms with van der Waals surface area (Å²) in [5.74, 6) is -0.225. The first-order valence-electron chi connectivity index (χ1n) is 4.75. The van der Waals surface area contributed by atoms with Gasteiger partial charge in [0.15, 0.2) is 0 Å². The van der Waals surface area contributed by atoms with Crippen molar-refractivity contribution < 1.29 is 9.53 Å². The maximum Gasteiger partial charge on any atom is 0.330 e. The highest BCUT2D eigenvalue weighted by Gasteiger charge is 2.15. The van der Waals surface area contributed by atoms with E-state index in [0.29, 0.717) is 0 Å². The van der Waals surface area contributed by atoms with Gasteiger partial charge in [-0.15, -0.1) is 0 Å². The van der Waals surface area contributed by atoms with E-state index < -0.39 is 0 Å². The first kappa shape index (κ1) is 9.00. The fourth-order valence-electron chi connectivity index (χ4n) is 1.57. The number of esters is 1. The van der Waals surface area contributed by atoms with E-state index in [-0.39, 0.29) is 12.1 Å². The lowest BCUT2D eigenvalue weighted by atomic mass is 10.0. The Morgan fingerprint density at radius 2 is 2.07 bits per heavy atom. The zero-order valence-electron chi connectivity index (χ0n) is 7.85. The molecular formula is C12H12O2. The van der Waals surface area contributed by atoms with Crippen LogP contribution in [0.25, 0.3) is 0 Å². The number of benzene rings is 1. The first-order valence-corrected chi connectivity index (χ1v) is 4.75. The Morgan fingerprint density at radius 1 is 1.29 bits per heavy atom. The molecule has 1 aromatic carbocycles. The van der Waals surface area contributed by atoms with Crippen molar-refractivity contribution in [2.45, 2.75) is 18.9 Å². The van der Waals surface area contributed by atoms with Crippen LogP contribution < -0.4 is 0 Å². The molecule has 0 unspecified atom stereocenters. The van der Waals surface area contributed by atoms with Crippen LogP contribution in [0.4, 0.5) is 0 Å². The molecule has 0 amide bonds. The van der Waals surface area contributed by atoms with E-state index in [1.54, 1.807) is 0 Å². The largest absolute Gasteiger partial charge is 0.459 e. The molecule has 0 aliphatic carbocycles. The third-order valence-electron chi connectivity index (χ3n) is 2.24. The molecule has 2 rings (SSSR count). The highest BCUT2D eigenvalue weighted by Crippen LogP contribution is 2.13. The molecule has 0 N–H and O–H groups in total. The molecule has 1 aromatic rings. The smallest absolute Gasteiger partial charge is 0.330 e. The maximum atomic E-state index is 11.0. The fraction of sp³-hybridized carbons (Fsp3) is 0.250. The lowest BCUT2D eigenvalue weighted by Crippen LogP contribution is -2.22. The summed E-state index contributed by atoms with van der Waals surface area (Å²) in [6.45, 7) is 0. The standard InChI is InChI=1S/C12H12O2/c13-12-8-4-7-11(14-12)9-10-5-2-1-3-6-10/h1-6,8,11H,7,9H2/t11-/m1/s1. The molecule has 0 saturated heterocycles. The lowest BCUT2D eigenvalue weighted by Gasteiger charge is -2.18. The predicted molar refractivity (Wildman–Crippen MR) is 53.8 cm³/mol. The number of hydrogen-bond acceptors (Lipinski definition) is 2. The SMILES string of the molecule is O=C1C=CC[C@H](Cc2ccccc2)O1. The zero-order chi connectivity index (χ0) is 9.80. The Kier molecular flexibility index (Phi) is 2.63. The summed E-state index contributed by atoms with van der Waals surface area (Å²) in [5.41, 5.74) is 1.21. The molecule has 1 aliphatic rings. The average molecular weight is 188 g/mol. The minimum atomic E-state index is -0.225. The van der Waals surface area contributed by atoms with E-state index in [4.69, 9.17) is 4.74 Å². The van der Waals surface area contributed by atoms with Crippen molar-refractivity contribution in [3.63, 3.8) is 0 Å². The zero-order valence-corrected chi connectivity index (χ0v) is 7.85. The minimum absolute atomic E-state index is 0.00917. The molecule has 1 heterocycles. The van der Waals surface area contributed by atoms with Crippen LogP contribution >= 0.6 is 0 Å². The van der Waals surface area contributed by atoms with Crippen LogP contribution in [0.1, 0.15) is 12.0 Å². The van der Waals surface area contributed by atoms with E-state index in [2.05, 4.69) is 0 Å². The normalized spacial score (nSPS) is 20.6. The summed E-state index contributed by atoms with van der Waals surface area (Å²) in [7, 11) is 0. The minimum Gasteiger partial charge on any atom is -0.459 e. The molecule has 0 saturated carbocycles. The third-order valence-corrected chi connectivity index (χ3v) is 2.24. The first-order chi connectivity index (χ1) is 6.84. The van der Waals surface area contributed by atoms with Crippen molar-refractivity contribution in [3.05, 3.63) is 48.0 Å². The summed E-state index contributed by atoms with van der Waals surface area (Å²) in [4.78, 5) is 11.0. The van der Waals surface area contributed by atoms with Crippen molar-refractivity contribution >= 4 is 5.97 Å². The van der Waals surface area contributed by atoms with Gasteiger partial charge in [0.1, 0.15) is 6.10 Å². The van der Waals surface area contributed by atoms with Crippen LogP contribution in [0.5, 0.6) is 0 Å². The van der Waals surface area contributed by atoms with E-state index in [1.807, 2.05) is 36.4 Å². The maximum absolute atomic E-state index is 11.0. The number of cyclic esters (lactones) is 1. The summed E-state index contributed by atoms with van der Waals surface area (Å²) in [6, 6.07) is 10.1. The molecular weight excluding hydrogens is 176 g/mol. The van der Waals surface area contributed by atoms with Gasteiger partial charge in [-0.3, -0.25) is 0 Å². The van der Waals surface area contributed by atoms with Crippen LogP contribution in [-0.2, 0) is 16.0 Å². The Bertz CT molecular complexity index is 341. The van der Waals surface area contributed by atoms with Crippen LogP contribution in [0, 0.1) is 0 Å². The Labute approximate surface area is 83.2 Å². The van der Waals surface area contributed by atoms with Gasteiger partial charge < -0.3 is 4.74 Å². The van der Waals surface area contributed by atoms with Gasteiger partial charge in [0.05, 0.1) is 0 Å². The molecule has 0 radical (unpaired) electrons. The second-order valence-corrected chi connectivity index (χ2v) is 3.39. The molecule has 0 bridgehead atoms. The summed E-state index contributed by atoms with van der Waals surface area (Å²) < 4.78 is 5.16. The van der Waals surface area contributed by atoms with Gasteiger partial charge in [-0.2, -0.15) is 0 Å². The number of hydrogen-bond donors (Lipinski definition) is 0. The van der Waals surface area contributed by atoms with Crippen LogP contribution in [0.2, 0.25) is 0 Å². The summed E-state index contributed by atoms with van der Waals surface area (Å²) in [6.07, 6.45) is 4.99. The number of carbonyl (C=O) groups is 1. The second kappa shape index (κ2) is 4.09. The van der Waals surface area contributed by atoms with E-state index in [1.165, 1.54) is 11.6 Å². The highest BCUT2D eigenvalue weighted by molar-refractivity contribution is 5.82. The van der Waals surface area contributed by atoms with Crippen molar-refractivity contribution in [2.24, 2.45) is 0 Å². The molecule has 2 nitrogen and oxygen atoms in total. The quantitative estimate of drug-likeness (QED) is 0.664. The summed E-state index contributed by atoms with van der Waals surface area (Å²) in [5, 5.41) is 0. The molecule has 0 fully saturated rings. The second-order valence-electron chi connectivity index (χ2n) is 3.39. The van der Waals surface area contributed by atoms with Crippen LogP contribution in [0.3, 0.4) is 0 Å². The molecule has 0 aromatic heterocycles. The molecule has 14 heavy (non-hydrogen) atoms. The molecule has 0 spiro atoms. The third kappa shape index (κ3) is 2.22. The van der Waals surface area contributed by atoms with Gasteiger partial charge in [0, 0.05) is 18.9 Å². The van der Waals surface area contributed by atoms with E-state index >= 15 is 0 Å². The van der Waals surface area contributed by atoms with Gasteiger partial charge in [-0.25, -0.2) is 4.79 Å². The highest BCUT2D eigenvalue weighted by atomic mass is 16.5. The van der Waals surface area contributed by atoms with Gasteiger partial charge in [-0.05, 0) is 5.56 Å². The molecule has 2 heteroatoms. The Morgan fingerprint density at radius 3 is 2.79 bits per heavy atom. The van der Waals surface area contributed by atoms with Gasteiger partial charge >= 0.3 is 5.97 Å². The topological polar surface area (TPSA) is 26.3 Å². The van der Waals surface area contributed by atoms with E-state index in [0.717, 1.165) is 12.8 Å². The van der Waals surface area contributed by atoms with Crippen molar-refractivity contribution in [1.82, 2.24) is 0 Å². The number of carbonyl (C=O) groups excluding carboxylic acids is 1. The monoisotopic (exact) mass is 188 g/mol. The van der Waals surface area contributed by atoms with Crippen LogP contribution in [0.15, 0.2) is 42.5 Å². The van der Waals surface area contributed by atoms with Gasteiger partial charge in [0.25, 0.3) is 0 Å². The van der Waals surface area contributed by atoms with Gasteiger partial charge in [0.2, 0.25) is 0 Å². The van der Waals surface area contributed by atoms with Gasteiger partial charge in [-0.1, -0.05) is 36.4 Å². The molecule has 72 valence electrons. The molecule has 1 atom stereocenters. The average Bonchev–Trinajstić information content (AvgIpc) is 2.19. The molecule has 1 aliphatic heterocycles. The van der Waals surface area contributed by atoms with Crippen molar-refractivity contribution in [1.29, 1.82) is 0 Å². The summed E-state index contributed by atoms with van der Waals surface area (Å²) >= 11 is 0. The van der Waals surface area contributed by atoms with E-state index in [9.17, 15) is 4.79 Å². The number of ether oxygens (including phenoxy) is 1. The fourth-order valence-corrected chi connectivity index (χ4v) is 1.57. The van der Waals surface area contributed by atoms with Crippen LogP contribution in [-0.4, -0.2) is 12.1 Å². The number of rotatable bonds is 2. The predicted octanol–water partition coefficient (Wildman–Crippen LogP) is 2.10. The van der Waals surface area contributed by atoms with Crippen molar-refractivity contribution in [3.8, 4) is 0 Å². The Hall–Kier alpha value is -1.57. The van der Waals surface area contributed by atoms with Crippen molar-refractivity contribution in [2.75, 3.05) is 0 Å². The lowest BCUT2D eigenvalue weighted by molar-refractivity contribution is -0.143.